The molecule has 146 valence electrons. The van der Waals surface area contributed by atoms with Gasteiger partial charge in [0.1, 0.15) is 0 Å². The zero-order valence-corrected chi connectivity index (χ0v) is 15.6. The van der Waals surface area contributed by atoms with Crippen molar-refractivity contribution in [3.63, 3.8) is 0 Å². The Morgan fingerprint density at radius 2 is 1.64 bits per heavy atom. The van der Waals surface area contributed by atoms with E-state index >= 15 is 0 Å². The quantitative estimate of drug-likeness (QED) is 0.714. The molecule has 0 atom stereocenters. The van der Waals surface area contributed by atoms with E-state index in [9.17, 15) is 21.6 Å². The van der Waals surface area contributed by atoms with E-state index in [1.807, 2.05) is 0 Å². The number of alkyl halides is 3. The van der Waals surface area contributed by atoms with E-state index in [2.05, 4.69) is 9.97 Å². The van der Waals surface area contributed by atoms with Gasteiger partial charge in [0.25, 0.3) is 0 Å². The minimum Gasteiger partial charge on any atom is -0.257 e. The van der Waals surface area contributed by atoms with Crippen molar-refractivity contribution in [1.82, 2.24) is 9.97 Å². The minimum absolute atomic E-state index is 0.0180. The maximum Gasteiger partial charge on any atom is 0.416 e. The van der Waals surface area contributed by atoms with Crippen LogP contribution in [0.2, 0.25) is 0 Å². The number of aryl methyl sites for hydroxylation is 1. The van der Waals surface area contributed by atoms with E-state index in [-0.39, 0.29) is 11.3 Å². The monoisotopic (exact) mass is 407 g/mol. The van der Waals surface area contributed by atoms with Crippen molar-refractivity contribution in [2.24, 2.45) is 5.14 Å². The molecule has 9 heteroatoms. The zero-order chi connectivity index (χ0) is 20.5. The molecular weight excluding hydrogens is 391 g/mol. The number of sulfonamides is 1. The zero-order valence-electron chi connectivity index (χ0n) is 14.7. The van der Waals surface area contributed by atoms with Crippen molar-refractivity contribution < 1.29 is 21.6 Å². The van der Waals surface area contributed by atoms with Crippen LogP contribution in [0.1, 0.15) is 22.4 Å². The van der Waals surface area contributed by atoms with Gasteiger partial charge in [-0.2, -0.15) is 13.2 Å². The van der Waals surface area contributed by atoms with Gasteiger partial charge in [-0.25, -0.2) is 13.6 Å². The number of aromatic nitrogens is 2. The first-order valence-corrected chi connectivity index (χ1v) is 9.70. The third kappa shape index (κ3) is 4.37. The standard InChI is InChI=1S/C19H16F3N3O2S/c1-12-10-14(4-7-17(12)28(23,26)27)18-16(24-8-9-25-18)11-13-2-5-15(6-3-13)19(20,21)22/h2-10H,11H2,1H3,(H2,23,26,27). The molecule has 0 aliphatic rings. The second-order valence-corrected chi connectivity index (χ2v) is 7.78. The maximum atomic E-state index is 12.7. The highest BCUT2D eigenvalue weighted by molar-refractivity contribution is 7.89. The largest absolute Gasteiger partial charge is 0.416 e. The van der Waals surface area contributed by atoms with E-state index in [0.29, 0.717) is 28.1 Å². The van der Waals surface area contributed by atoms with Crippen LogP contribution in [-0.2, 0) is 22.6 Å². The van der Waals surface area contributed by atoms with Crippen LogP contribution in [0.4, 0.5) is 13.2 Å². The van der Waals surface area contributed by atoms with Crippen molar-refractivity contribution in [2.45, 2.75) is 24.4 Å². The Morgan fingerprint density at radius 1 is 1.00 bits per heavy atom. The Kier molecular flexibility index (Phi) is 5.22. The number of nitrogens with two attached hydrogens (primary N) is 1. The third-order valence-corrected chi connectivity index (χ3v) is 5.25. The van der Waals surface area contributed by atoms with Crippen LogP contribution in [0.15, 0.2) is 59.8 Å². The average molecular weight is 407 g/mol. The van der Waals surface area contributed by atoms with Crippen molar-refractivity contribution in [1.29, 1.82) is 0 Å². The summed E-state index contributed by atoms with van der Waals surface area (Å²) in [4.78, 5) is 8.62. The van der Waals surface area contributed by atoms with Gasteiger partial charge in [-0.05, 0) is 42.3 Å². The summed E-state index contributed by atoms with van der Waals surface area (Å²) in [7, 11) is -3.84. The lowest BCUT2D eigenvalue weighted by molar-refractivity contribution is -0.137. The molecule has 28 heavy (non-hydrogen) atoms. The smallest absolute Gasteiger partial charge is 0.257 e. The maximum absolute atomic E-state index is 12.7. The number of rotatable bonds is 4. The molecule has 0 bridgehead atoms. The summed E-state index contributed by atoms with van der Waals surface area (Å²) in [6, 6.07) is 9.46. The number of halogens is 3. The Balaban J connectivity index is 1.95. The van der Waals surface area contributed by atoms with Crippen LogP contribution in [0.25, 0.3) is 11.3 Å². The molecule has 1 aromatic heterocycles. The normalized spacial score (nSPS) is 12.2. The lowest BCUT2D eigenvalue weighted by Gasteiger charge is -2.11. The van der Waals surface area contributed by atoms with Gasteiger partial charge in [0.05, 0.1) is 21.8 Å². The van der Waals surface area contributed by atoms with Crippen LogP contribution >= 0.6 is 0 Å². The molecular formula is C19H16F3N3O2S. The first-order chi connectivity index (χ1) is 13.1. The molecule has 0 aliphatic carbocycles. The number of nitrogens with zero attached hydrogens (tertiary/aromatic N) is 2. The molecule has 0 amide bonds. The summed E-state index contributed by atoms with van der Waals surface area (Å²) in [5, 5.41) is 5.19. The average Bonchev–Trinajstić information content (AvgIpc) is 2.61. The Hall–Kier alpha value is -2.78. The van der Waals surface area contributed by atoms with Crippen molar-refractivity contribution in [3.8, 4) is 11.3 Å². The molecule has 0 saturated heterocycles. The van der Waals surface area contributed by atoms with Gasteiger partial charge in [0.2, 0.25) is 10.0 Å². The van der Waals surface area contributed by atoms with Crippen molar-refractivity contribution in [3.05, 3.63) is 77.2 Å². The second kappa shape index (κ2) is 7.33. The first-order valence-electron chi connectivity index (χ1n) is 8.15. The van der Waals surface area contributed by atoms with E-state index in [0.717, 1.165) is 12.1 Å². The number of hydrogen-bond donors (Lipinski definition) is 1. The molecule has 1 heterocycles. The van der Waals surface area contributed by atoms with Crippen LogP contribution in [0, 0.1) is 6.92 Å². The summed E-state index contributed by atoms with van der Waals surface area (Å²) in [5.74, 6) is 0. The Labute approximate surface area is 160 Å². The fraction of sp³-hybridized carbons (Fsp3) is 0.158. The molecule has 0 aliphatic heterocycles. The summed E-state index contributed by atoms with van der Waals surface area (Å²) in [6.45, 7) is 1.62. The molecule has 5 nitrogen and oxygen atoms in total. The topological polar surface area (TPSA) is 85.9 Å². The van der Waals surface area contributed by atoms with Gasteiger partial charge < -0.3 is 0 Å². The van der Waals surface area contributed by atoms with E-state index in [1.165, 1.54) is 30.6 Å². The second-order valence-electron chi connectivity index (χ2n) is 6.25. The highest BCUT2D eigenvalue weighted by atomic mass is 32.2. The summed E-state index contributed by atoms with van der Waals surface area (Å²) >= 11 is 0. The Bertz CT molecular complexity index is 1110. The minimum atomic E-state index is -4.39. The van der Waals surface area contributed by atoms with Gasteiger partial charge in [-0.3, -0.25) is 9.97 Å². The van der Waals surface area contributed by atoms with Gasteiger partial charge in [-0.1, -0.05) is 18.2 Å². The van der Waals surface area contributed by atoms with E-state index in [1.54, 1.807) is 19.1 Å². The number of benzene rings is 2. The number of hydrogen-bond acceptors (Lipinski definition) is 4. The van der Waals surface area contributed by atoms with Crippen LogP contribution in [-0.4, -0.2) is 18.4 Å². The molecule has 0 fully saturated rings. The third-order valence-electron chi connectivity index (χ3n) is 4.18. The highest BCUT2D eigenvalue weighted by Crippen LogP contribution is 2.30. The number of primary sulfonamides is 1. The van der Waals surface area contributed by atoms with Gasteiger partial charge in [-0.15, -0.1) is 0 Å². The highest BCUT2D eigenvalue weighted by Gasteiger charge is 2.30. The summed E-state index contributed by atoms with van der Waals surface area (Å²) < 4.78 is 61.3. The van der Waals surface area contributed by atoms with E-state index < -0.39 is 21.8 Å². The molecule has 0 spiro atoms. The SMILES string of the molecule is Cc1cc(-c2nccnc2Cc2ccc(C(F)(F)F)cc2)ccc1S(N)(=O)=O. The molecule has 3 aromatic rings. The van der Waals surface area contributed by atoms with Gasteiger partial charge in [0, 0.05) is 24.4 Å². The van der Waals surface area contributed by atoms with Crippen molar-refractivity contribution >= 4 is 10.0 Å². The van der Waals surface area contributed by atoms with Crippen LogP contribution < -0.4 is 5.14 Å². The lowest BCUT2D eigenvalue weighted by atomic mass is 10.0. The molecule has 0 saturated carbocycles. The van der Waals surface area contributed by atoms with Crippen LogP contribution in [0.3, 0.4) is 0 Å². The first kappa shape index (κ1) is 20.0. The molecule has 0 unspecified atom stereocenters. The summed E-state index contributed by atoms with van der Waals surface area (Å²) in [5.41, 5.74) is 2.11. The Morgan fingerprint density at radius 3 is 2.21 bits per heavy atom. The summed E-state index contributed by atoms with van der Waals surface area (Å²) in [6.07, 6.45) is -1.13. The molecule has 2 N–H and O–H groups in total. The predicted molar refractivity (Wildman–Crippen MR) is 97.8 cm³/mol. The molecule has 2 aromatic carbocycles. The molecule has 0 radical (unpaired) electrons. The fourth-order valence-electron chi connectivity index (χ4n) is 2.86. The van der Waals surface area contributed by atoms with Gasteiger partial charge in [0.15, 0.2) is 0 Å². The van der Waals surface area contributed by atoms with Gasteiger partial charge >= 0.3 is 6.18 Å². The lowest BCUT2D eigenvalue weighted by Crippen LogP contribution is -2.13. The molecule has 3 rings (SSSR count). The fourth-order valence-corrected chi connectivity index (χ4v) is 3.62. The predicted octanol–water partition coefficient (Wildman–Crippen LogP) is 3.71. The van der Waals surface area contributed by atoms with E-state index in [4.69, 9.17) is 5.14 Å². The van der Waals surface area contributed by atoms with Crippen LogP contribution in [0.5, 0.6) is 0 Å². The van der Waals surface area contributed by atoms with Crippen molar-refractivity contribution in [2.75, 3.05) is 0 Å².